The summed E-state index contributed by atoms with van der Waals surface area (Å²) < 4.78 is 0. The average molecular weight is 365 g/mol. The maximum Gasteiger partial charge on any atom is -0.0152 e. The summed E-state index contributed by atoms with van der Waals surface area (Å²) >= 11 is 0. The monoisotopic (exact) mass is 364 g/mol. The van der Waals surface area contributed by atoms with Crippen molar-refractivity contribution in [1.82, 2.24) is 0 Å². The molecule has 0 bridgehead atoms. The second-order valence-corrected chi connectivity index (χ2v) is 7.97. The number of unbranched alkanes of at least 4 members (excludes halogenated alkanes) is 11. The SMILES string of the molecule is CCC/C=C/CCCCCCCCCCCCc1cccc2ccccc12. The van der Waals surface area contributed by atoms with Crippen LogP contribution >= 0.6 is 0 Å². The van der Waals surface area contributed by atoms with Crippen molar-refractivity contribution in [2.75, 3.05) is 0 Å². The molecule has 0 aliphatic heterocycles. The molecule has 0 fully saturated rings. The zero-order chi connectivity index (χ0) is 19.0. The molecule has 0 atom stereocenters. The Morgan fingerprint density at radius 3 is 1.93 bits per heavy atom. The molecular weight excluding hydrogens is 324 g/mol. The van der Waals surface area contributed by atoms with E-state index in [1.807, 2.05) is 0 Å². The van der Waals surface area contributed by atoms with Crippen LogP contribution in [0, 0.1) is 0 Å². The summed E-state index contributed by atoms with van der Waals surface area (Å²) in [6.45, 7) is 2.25. The highest BCUT2D eigenvalue weighted by atomic mass is 14.1. The number of allylic oxidation sites excluding steroid dienone is 2. The molecule has 27 heavy (non-hydrogen) atoms. The van der Waals surface area contributed by atoms with Crippen LogP contribution < -0.4 is 0 Å². The molecule has 0 heterocycles. The molecule has 0 heteroatoms. The average Bonchev–Trinajstić information content (AvgIpc) is 2.71. The number of hydrogen-bond donors (Lipinski definition) is 0. The third kappa shape index (κ3) is 9.27. The Bertz CT molecular complexity index is 632. The topological polar surface area (TPSA) is 0 Å². The fourth-order valence-corrected chi connectivity index (χ4v) is 3.90. The van der Waals surface area contributed by atoms with E-state index in [-0.39, 0.29) is 0 Å². The molecule has 0 saturated carbocycles. The van der Waals surface area contributed by atoms with E-state index in [1.54, 1.807) is 0 Å². The van der Waals surface area contributed by atoms with E-state index in [0.29, 0.717) is 0 Å². The van der Waals surface area contributed by atoms with E-state index in [2.05, 4.69) is 61.5 Å². The van der Waals surface area contributed by atoms with E-state index in [9.17, 15) is 0 Å². The van der Waals surface area contributed by atoms with E-state index in [4.69, 9.17) is 0 Å². The molecule has 0 amide bonds. The Balaban J connectivity index is 1.42. The Kier molecular flexibility index (Phi) is 11.7. The van der Waals surface area contributed by atoms with E-state index >= 15 is 0 Å². The molecule has 2 aromatic carbocycles. The van der Waals surface area contributed by atoms with Gasteiger partial charge in [-0.15, -0.1) is 0 Å². The van der Waals surface area contributed by atoms with E-state index in [1.165, 1.54) is 106 Å². The summed E-state index contributed by atoms with van der Waals surface area (Å²) in [4.78, 5) is 0. The highest BCUT2D eigenvalue weighted by Crippen LogP contribution is 2.21. The first kappa shape index (κ1) is 21.7. The predicted molar refractivity (Wildman–Crippen MR) is 122 cm³/mol. The molecule has 2 rings (SSSR count). The van der Waals surface area contributed by atoms with Gasteiger partial charge in [0.1, 0.15) is 0 Å². The van der Waals surface area contributed by atoms with Crippen LogP contribution in [-0.2, 0) is 6.42 Å². The smallest absolute Gasteiger partial charge is 0.0152 e. The molecule has 0 spiro atoms. The summed E-state index contributed by atoms with van der Waals surface area (Å²) in [5.74, 6) is 0. The quantitative estimate of drug-likeness (QED) is 0.218. The van der Waals surface area contributed by atoms with Gasteiger partial charge in [-0.2, -0.15) is 0 Å². The first-order valence-electron chi connectivity index (χ1n) is 11.5. The first-order valence-corrected chi connectivity index (χ1v) is 11.5. The van der Waals surface area contributed by atoms with Gasteiger partial charge < -0.3 is 0 Å². The summed E-state index contributed by atoms with van der Waals surface area (Å²) in [5, 5.41) is 2.83. The lowest BCUT2D eigenvalue weighted by Crippen LogP contribution is -1.88. The van der Waals surface area contributed by atoms with Crippen LogP contribution in [0.5, 0.6) is 0 Å². The van der Waals surface area contributed by atoms with Crippen LogP contribution in [0.25, 0.3) is 10.8 Å². The minimum absolute atomic E-state index is 1.23. The van der Waals surface area contributed by atoms with Gasteiger partial charge in [-0.05, 0) is 48.4 Å². The summed E-state index contributed by atoms with van der Waals surface area (Å²) in [5.41, 5.74) is 1.53. The normalized spacial score (nSPS) is 11.6. The second-order valence-electron chi connectivity index (χ2n) is 7.97. The van der Waals surface area contributed by atoms with Crippen LogP contribution in [0.4, 0.5) is 0 Å². The molecule has 0 aromatic heterocycles. The third-order valence-corrected chi connectivity index (χ3v) is 5.57. The maximum atomic E-state index is 2.38. The van der Waals surface area contributed by atoms with Crippen LogP contribution in [0.15, 0.2) is 54.6 Å². The zero-order valence-corrected chi connectivity index (χ0v) is 17.6. The van der Waals surface area contributed by atoms with Gasteiger partial charge in [0.05, 0.1) is 0 Å². The number of rotatable bonds is 15. The summed E-state index contributed by atoms with van der Waals surface area (Å²) in [7, 11) is 0. The van der Waals surface area contributed by atoms with Gasteiger partial charge in [-0.3, -0.25) is 0 Å². The van der Waals surface area contributed by atoms with Crippen molar-refractivity contribution in [3.63, 3.8) is 0 Å². The Hall–Kier alpha value is -1.56. The Labute approximate surface area is 168 Å². The summed E-state index contributed by atoms with van der Waals surface area (Å²) in [6, 6.07) is 15.5. The minimum Gasteiger partial charge on any atom is -0.0885 e. The fraction of sp³-hybridized carbons (Fsp3) is 0.556. The van der Waals surface area contributed by atoms with Crippen molar-refractivity contribution in [1.29, 1.82) is 0 Å². The summed E-state index contributed by atoms with van der Waals surface area (Å²) in [6.07, 6.45) is 23.9. The second kappa shape index (κ2) is 14.5. The first-order chi connectivity index (χ1) is 13.4. The molecular formula is C27H40. The molecule has 148 valence electrons. The largest absolute Gasteiger partial charge is 0.0885 e. The molecule has 0 aliphatic carbocycles. The lowest BCUT2D eigenvalue weighted by atomic mass is 9.99. The van der Waals surface area contributed by atoms with Gasteiger partial charge in [-0.1, -0.05) is 119 Å². The van der Waals surface area contributed by atoms with E-state index in [0.717, 1.165) is 0 Å². The molecule has 0 saturated heterocycles. The molecule has 0 unspecified atom stereocenters. The van der Waals surface area contributed by atoms with Crippen molar-refractivity contribution in [2.24, 2.45) is 0 Å². The van der Waals surface area contributed by atoms with Crippen molar-refractivity contribution >= 4 is 10.8 Å². The lowest BCUT2D eigenvalue weighted by Gasteiger charge is -2.06. The van der Waals surface area contributed by atoms with Crippen LogP contribution in [0.2, 0.25) is 0 Å². The fourth-order valence-electron chi connectivity index (χ4n) is 3.90. The highest BCUT2D eigenvalue weighted by Gasteiger charge is 2.00. The van der Waals surface area contributed by atoms with Crippen LogP contribution in [0.3, 0.4) is 0 Å². The van der Waals surface area contributed by atoms with Gasteiger partial charge >= 0.3 is 0 Å². The molecule has 0 nitrogen and oxygen atoms in total. The molecule has 0 N–H and O–H groups in total. The minimum atomic E-state index is 1.23. The number of hydrogen-bond acceptors (Lipinski definition) is 0. The Morgan fingerprint density at radius 2 is 1.19 bits per heavy atom. The third-order valence-electron chi connectivity index (χ3n) is 5.57. The Morgan fingerprint density at radius 1 is 0.593 bits per heavy atom. The molecule has 2 aromatic rings. The number of benzene rings is 2. The van der Waals surface area contributed by atoms with Gasteiger partial charge in [0, 0.05) is 0 Å². The standard InChI is InChI=1S/C27H40/c1-2-3-4-5-6-7-8-9-10-11-12-13-14-15-16-20-25-22-19-23-26-21-17-18-24-27(25)26/h4-5,17-19,21-24H,2-3,6-16,20H2,1H3/b5-4+. The van der Waals surface area contributed by atoms with Gasteiger partial charge in [-0.25, -0.2) is 0 Å². The molecule has 0 aliphatic rings. The van der Waals surface area contributed by atoms with Crippen molar-refractivity contribution in [3.05, 3.63) is 60.2 Å². The van der Waals surface area contributed by atoms with Gasteiger partial charge in [0.25, 0.3) is 0 Å². The van der Waals surface area contributed by atoms with E-state index < -0.39 is 0 Å². The number of aryl methyl sites for hydroxylation is 1. The van der Waals surface area contributed by atoms with Crippen LogP contribution in [0.1, 0.15) is 96.0 Å². The molecule has 0 radical (unpaired) electrons. The van der Waals surface area contributed by atoms with Crippen molar-refractivity contribution in [3.8, 4) is 0 Å². The zero-order valence-electron chi connectivity index (χ0n) is 17.6. The maximum absolute atomic E-state index is 2.38. The van der Waals surface area contributed by atoms with Crippen LogP contribution in [-0.4, -0.2) is 0 Å². The van der Waals surface area contributed by atoms with Gasteiger partial charge in [0.15, 0.2) is 0 Å². The lowest BCUT2D eigenvalue weighted by molar-refractivity contribution is 0.552. The predicted octanol–water partition coefficient (Wildman–Crippen LogP) is 9.03. The highest BCUT2D eigenvalue weighted by molar-refractivity contribution is 5.85. The number of fused-ring (bicyclic) bond motifs is 1. The van der Waals surface area contributed by atoms with Crippen molar-refractivity contribution in [2.45, 2.75) is 96.8 Å². The van der Waals surface area contributed by atoms with Crippen molar-refractivity contribution < 1.29 is 0 Å². The van der Waals surface area contributed by atoms with Gasteiger partial charge in [0.2, 0.25) is 0 Å².